The number of benzene rings is 2. The van der Waals surface area contributed by atoms with Gasteiger partial charge in [-0.15, -0.1) is 6.42 Å². The first-order chi connectivity index (χ1) is 13.5. The Balaban J connectivity index is 1.53. The van der Waals surface area contributed by atoms with E-state index in [2.05, 4.69) is 5.92 Å². The fourth-order valence-electron chi connectivity index (χ4n) is 2.85. The van der Waals surface area contributed by atoms with Crippen molar-refractivity contribution in [3.63, 3.8) is 0 Å². The summed E-state index contributed by atoms with van der Waals surface area (Å²) < 4.78 is 37.3. The summed E-state index contributed by atoms with van der Waals surface area (Å²) in [5, 5.41) is 0.818. The highest BCUT2D eigenvalue weighted by atomic mass is 19.2. The van der Waals surface area contributed by atoms with Gasteiger partial charge in [-0.3, -0.25) is 4.90 Å². The Morgan fingerprint density at radius 2 is 1.89 bits per heavy atom. The maximum atomic E-state index is 13.4. The number of ether oxygens (including phenoxy) is 1. The van der Waals surface area contributed by atoms with Gasteiger partial charge >= 0.3 is 5.63 Å². The second-order valence-electron chi connectivity index (χ2n) is 6.32. The van der Waals surface area contributed by atoms with Gasteiger partial charge in [0.2, 0.25) is 0 Å². The maximum Gasteiger partial charge on any atom is 0.336 e. The predicted molar refractivity (Wildman–Crippen MR) is 103 cm³/mol. The molecular weight excluding hydrogens is 364 g/mol. The Bertz CT molecular complexity index is 1060. The van der Waals surface area contributed by atoms with E-state index in [-0.39, 0.29) is 0 Å². The number of rotatable bonds is 8. The Kier molecular flexibility index (Phi) is 6.41. The van der Waals surface area contributed by atoms with Crippen LogP contribution in [0.25, 0.3) is 11.0 Å². The summed E-state index contributed by atoms with van der Waals surface area (Å²) in [7, 11) is 0. The Labute approximate surface area is 161 Å². The molecule has 4 nitrogen and oxygen atoms in total. The molecule has 3 rings (SSSR count). The zero-order chi connectivity index (χ0) is 19.9. The summed E-state index contributed by atoms with van der Waals surface area (Å²) in [6.07, 6.45) is 6.09. The van der Waals surface area contributed by atoms with E-state index in [9.17, 15) is 13.6 Å². The van der Waals surface area contributed by atoms with Crippen molar-refractivity contribution >= 4 is 11.0 Å². The first-order valence-corrected chi connectivity index (χ1v) is 8.81. The zero-order valence-corrected chi connectivity index (χ0v) is 15.2. The van der Waals surface area contributed by atoms with Crippen molar-refractivity contribution in [2.45, 2.75) is 13.0 Å². The molecule has 0 aliphatic rings. The summed E-state index contributed by atoms with van der Waals surface area (Å²) >= 11 is 0. The average Bonchev–Trinajstić information content (AvgIpc) is 2.68. The normalized spacial score (nSPS) is 10.9. The van der Waals surface area contributed by atoms with Crippen molar-refractivity contribution < 1.29 is 17.9 Å². The molecule has 28 heavy (non-hydrogen) atoms. The fourth-order valence-corrected chi connectivity index (χ4v) is 2.85. The minimum Gasteiger partial charge on any atom is -0.493 e. The van der Waals surface area contributed by atoms with E-state index >= 15 is 0 Å². The van der Waals surface area contributed by atoms with Crippen LogP contribution in [-0.4, -0.2) is 24.6 Å². The molecule has 1 aromatic heterocycles. The molecule has 2 aromatic carbocycles. The third-order valence-corrected chi connectivity index (χ3v) is 4.19. The van der Waals surface area contributed by atoms with Crippen LogP contribution in [0.15, 0.2) is 57.7 Å². The highest BCUT2D eigenvalue weighted by Gasteiger charge is 2.08. The van der Waals surface area contributed by atoms with Crippen molar-refractivity contribution in [1.82, 2.24) is 4.90 Å². The van der Waals surface area contributed by atoms with Gasteiger partial charge in [-0.1, -0.05) is 12.0 Å². The Morgan fingerprint density at radius 3 is 2.68 bits per heavy atom. The molecule has 0 unspecified atom stereocenters. The third-order valence-electron chi connectivity index (χ3n) is 4.19. The number of fused-ring (bicyclic) bond motifs is 1. The van der Waals surface area contributed by atoms with Crippen LogP contribution < -0.4 is 10.4 Å². The van der Waals surface area contributed by atoms with Crippen molar-refractivity contribution in [3.05, 3.63) is 76.1 Å². The fraction of sp³-hybridized carbons (Fsp3) is 0.227. The molecule has 0 bridgehead atoms. The predicted octanol–water partition coefficient (Wildman–Crippen LogP) is 3.98. The lowest BCUT2D eigenvalue weighted by molar-refractivity contribution is 0.246. The lowest BCUT2D eigenvalue weighted by atomic mass is 10.2. The van der Waals surface area contributed by atoms with Crippen molar-refractivity contribution in [3.8, 4) is 18.1 Å². The first-order valence-electron chi connectivity index (χ1n) is 8.81. The van der Waals surface area contributed by atoms with Crippen LogP contribution in [-0.2, 0) is 6.54 Å². The molecule has 0 aliphatic carbocycles. The van der Waals surface area contributed by atoms with Crippen LogP contribution >= 0.6 is 0 Å². The molecule has 0 radical (unpaired) electrons. The second kappa shape index (κ2) is 9.16. The SMILES string of the molecule is C#CCN(CCCOc1ccc2ccc(=O)oc2c1)Cc1ccc(F)c(F)c1. The molecule has 0 saturated carbocycles. The van der Waals surface area contributed by atoms with Gasteiger partial charge in [-0.2, -0.15) is 0 Å². The van der Waals surface area contributed by atoms with Crippen LogP contribution in [0.5, 0.6) is 5.75 Å². The van der Waals surface area contributed by atoms with E-state index in [0.29, 0.717) is 49.6 Å². The van der Waals surface area contributed by atoms with E-state index in [1.807, 2.05) is 17.0 Å². The van der Waals surface area contributed by atoms with Gasteiger partial charge in [0, 0.05) is 30.6 Å². The van der Waals surface area contributed by atoms with Crippen LogP contribution in [0.4, 0.5) is 8.78 Å². The number of nitrogens with zero attached hydrogens (tertiary/aromatic N) is 1. The molecule has 0 saturated heterocycles. The number of hydrogen-bond donors (Lipinski definition) is 0. The molecule has 1 heterocycles. The topological polar surface area (TPSA) is 42.7 Å². The molecule has 0 fully saturated rings. The smallest absolute Gasteiger partial charge is 0.336 e. The minimum atomic E-state index is -0.871. The van der Waals surface area contributed by atoms with Crippen molar-refractivity contribution in [2.75, 3.05) is 19.7 Å². The van der Waals surface area contributed by atoms with Crippen LogP contribution in [0.3, 0.4) is 0 Å². The van der Waals surface area contributed by atoms with Crippen LogP contribution in [0.2, 0.25) is 0 Å². The van der Waals surface area contributed by atoms with Gasteiger partial charge in [-0.05, 0) is 42.3 Å². The molecule has 0 atom stereocenters. The second-order valence-corrected chi connectivity index (χ2v) is 6.32. The molecule has 0 spiro atoms. The molecule has 0 aliphatic heterocycles. The highest BCUT2D eigenvalue weighted by Crippen LogP contribution is 2.19. The summed E-state index contributed by atoms with van der Waals surface area (Å²) in [5.74, 6) is 1.44. The largest absolute Gasteiger partial charge is 0.493 e. The van der Waals surface area contributed by atoms with Crippen LogP contribution in [0.1, 0.15) is 12.0 Å². The molecule has 144 valence electrons. The lowest BCUT2D eigenvalue weighted by Gasteiger charge is -2.20. The first kappa shape index (κ1) is 19.6. The quantitative estimate of drug-likeness (QED) is 0.335. The highest BCUT2D eigenvalue weighted by molar-refractivity contribution is 5.77. The van der Waals surface area contributed by atoms with Crippen LogP contribution in [0, 0.1) is 24.0 Å². The van der Waals surface area contributed by atoms with E-state index in [1.54, 1.807) is 18.2 Å². The minimum absolute atomic E-state index is 0.389. The van der Waals surface area contributed by atoms with E-state index in [4.69, 9.17) is 15.6 Å². The number of terminal acetylenes is 1. The van der Waals surface area contributed by atoms with Gasteiger partial charge in [0.15, 0.2) is 11.6 Å². The Morgan fingerprint density at radius 1 is 1.07 bits per heavy atom. The average molecular weight is 383 g/mol. The van der Waals surface area contributed by atoms with E-state index in [0.717, 1.165) is 11.5 Å². The third kappa shape index (κ3) is 5.18. The van der Waals surface area contributed by atoms with E-state index < -0.39 is 17.3 Å². The van der Waals surface area contributed by atoms with Gasteiger partial charge in [-0.25, -0.2) is 13.6 Å². The zero-order valence-electron chi connectivity index (χ0n) is 15.2. The standard InChI is InChI=1S/C22H19F2NO3/c1-2-10-25(15-16-4-8-19(23)20(24)13-16)11-3-12-27-18-7-5-17-6-9-22(26)28-21(17)14-18/h1,4-9,13-14H,3,10-12,15H2. The monoisotopic (exact) mass is 383 g/mol. The molecule has 0 N–H and O–H groups in total. The molecule has 3 aromatic rings. The number of hydrogen-bond acceptors (Lipinski definition) is 4. The Hall–Kier alpha value is -3.17. The van der Waals surface area contributed by atoms with Gasteiger partial charge in [0.25, 0.3) is 0 Å². The number of halogens is 2. The summed E-state index contributed by atoms with van der Waals surface area (Å²) in [6.45, 7) is 1.87. The van der Waals surface area contributed by atoms with Gasteiger partial charge in [0.1, 0.15) is 11.3 Å². The van der Waals surface area contributed by atoms with Crippen molar-refractivity contribution in [2.24, 2.45) is 0 Å². The summed E-state index contributed by atoms with van der Waals surface area (Å²) in [6, 6.07) is 12.2. The summed E-state index contributed by atoms with van der Waals surface area (Å²) in [4.78, 5) is 13.3. The molecule has 0 amide bonds. The van der Waals surface area contributed by atoms with Gasteiger partial charge in [0.05, 0.1) is 13.2 Å². The van der Waals surface area contributed by atoms with Gasteiger partial charge < -0.3 is 9.15 Å². The van der Waals surface area contributed by atoms with Crippen molar-refractivity contribution in [1.29, 1.82) is 0 Å². The van der Waals surface area contributed by atoms with E-state index in [1.165, 1.54) is 12.1 Å². The molecular formula is C22H19F2NO3. The molecule has 6 heteroatoms. The maximum absolute atomic E-state index is 13.4. The lowest BCUT2D eigenvalue weighted by Crippen LogP contribution is -2.26. The summed E-state index contributed by atoms with van der Waals surface area (Å²) in [5.41, 5.74) is 0.712.